The van der Waals surface area contributed by atoms with Crippen LogP contribution in [0, 0.1) is 0 Å². The summed E-state index contributed by atoms with van der Waals surface area (Å²) in [6.07, 6.45) is 0. The van der Waals surface area contributed by atoms with Crippen LogP contribution in [0.3, 0.4) is 0 Å². The summed E-state index contributed by atoms with van der Waals surface area (Å²) in [5.41, 5.74) is 3.28. The second kappa shape index (κ2) is 10.5. The molecule has 0 spiro atoms. The van der Waals surface area contributed by atoms with Gasteiger partial charge in [0.25, 0.3) is 0 Å². The molecule has 0 atom stereocenters. The molecular weight excluding hydrogens is 392 g/mol. The first-order chi connectivity index (χ1) is 15.3. The molecule has 2 aromatic carbocycles. The largest absolute Gasteiger partial charge is 0.490 e. The van der Waals surface area contributed by atoms with Crippen LogP contribution >= 0.6 is 0 Å². The van der Waals surface area contributed by atoms with Crippen molar-refractivity contribution < 1.29 is 14.2 Å². The van der Waals surface area contributed by atoms with Gasteiger partial charge in [-0.25, -0.2) is 4.98 Å². The number of aromatic nitrogens is 2. The number of hydrogen-bond donors (Lipinski definition) is 1. The van der Waals surface area contributed by atoms with E-state index in [1.165, 1.54) is 0 Å². The van der Waals surface area contributed by atoms with Crippen molar-refractivity contribution in [1.29, 1.82) is 0 Å². The van der Waals surface area contributed by atoms with Crippen molar-refractivity contribution in [2.75, 3.05) is 51.4 Å². The minimum absolute atomic E-state index is 0.605. The van der Waals surface area contributed by atoms with Crippen LogP contribution in [0.5, 0.6) is 11.5 Å². The Morgan fingerprint density at radius 3 is 2.55 bits per heavy atom. The quantitative estimate of drug-likeness (QED) is 0.535. The maximum absolute atomic E-state index is 5.77. The minimum Gasteiger partial charge on any atom is -0.490 e. The fourth-order valence-corrected chi connectivity index (χ4v) is 3.89. The number of nitrogens with zero attached hydrogens (tertiary/aromatic N) is 3. The maximum Gasteiger partial charge on any atom is 0.204 e. The molecule has 1 aliphatic heterocycles. The predicted octanol–water partition coefficient (Wildman–Crippen LogP) is 3.78. The van der Waals surface area contributed by atoms with Gasteiger partial charge in [-0.1, -0.05) is 18.2 Å². The van der Waals surface area contributed by atoms with Crippen molar-refractivity contribution >= 4 is 17.0 Å². The van der Waals surface area contributed by atoms with E-state index >= 15 is 0 Å². The average molecular weight is 425 g/mol. The molecule has 0 aliphatic carbocycles. The molecule has 0 saturated carbocycles. The fraction of sp³-hybridized carbons (Fsp3) is 0.458. The topological polar surface area (TPSA) is 60.8 Å². The Morgan fingerprint density at radius 2 is 1.74 bits per heavy atom. The zero-order valence-electron chi connectivity index (χ0n) is 18.5. The third-order valence-electron chi connectivity index (χ3n) is 5.46. The highest BCUT2D eigenvalue weighted by atomic mass is 16.5. The van der Waals surface area contributed by atoms with Gasteiger partial charge in [-0.05, 0) is 43.7 Å². The first-order valence-electron chi connectivity index (χ1n) is 11.2. The van der Waals surface area contributed by atoms with Crippen LogP contribution in [0.25, 0.3) is 11.0 Å². The Balaban J connectivity index is 1.50. The summed E-state index contributed by atoms with van der Waals surface area (Å²) in [5, 5.41) is 3.54. The highest BCUT2D eigenvalue weighted by Crippen LogP contribution is 2.29. The Hall–Kier alpha value is -2.77. The standard InChI is InChI=1S/C24H32N4O3/c1-3-30-22-10-9-19(17-23(22)31-4-2)18-25-24-26-20-7-5-6-8-21(20)28(24)12-11-27-13-15-29-16-14-27/h5-10,17H,3-4,11-16,18H2,1-2H3,(H,25,26). The van der Waals surface area contributed by atoms with E-state index in [9.17, 15) is 0 Å². The number of anilines is 1. The summed E-state index contributed by atoms with van der Waals surface area (Å²) >= 11 is 0. The zero-order chi connectivity index (χ0) is 21.5. The number of rotatable bonds is 10. The van der Waals surface area contributed by atoms with Crippen molar-refractivity contribution in [3.8, 4) is 11.5 Å². The van der Waals surface area contributed by atoms with E-state index in [1.807, 2.05) is 32.0 Å². The van der Waals surface area contributed by atoms with Gasteiger partial charge in [0.2, 0.25) is 5.95 Å². The van der Waals surface area contributed by atoms with E-state index in [1.54, 1.807) is 0 Å². The van der Waals surface area contributed by atoms with Crippen LogP contribution < -0.4 is 14.8 Å². The number of nitrogens with one attached hydrogen (secondary N) is 1. The molecule has 7 nitrogen and oxygen atoms in total. The Bertz CT molecular complexity index is 982. The van der Waals surface area contributed by atoms with Crippen LogP contribution in [0.1, 0.15) is 19.4 Å². The van der Waals surface area contributed by atoms with Gasteiger partial charge in [-0.2, -0.15) is 0 Å². The molecule has 3 aromatic rings. The molecule has 7 heteroatoms. The summed E-state index contributed by atoms with van der Waals surface area (Å²) in [6.45, 7) is 11.3. The number of morpholine rings is 1. The van der Waals surface area contributed by atoms with Gasteiger partial charge < -0.3 is 24.1 Å². The highest BCUT2D eigenvalue weighted by molar-refractivity contribution is 5.78. The van der Waals surface area contributed by atoms with E-state index in [4.69, 9.17) is 19.2 Å². The van der Waals surface area contributed by atoms with E-state index in [2.05, 4.69) is 39.0 Å². The lowest BCUT2D eigenvalue weighted by Gasteiger charge is -2.27. The summed E-state index contributed by atoms with van der Waals surface area (Å²) in [4.78, 5) is 7.30. The van der Waals surface area contributed by atoms with Gasteiger partial charge in [0.05, 0.1) is 37.5 Å². The van der Waals surface area contributed by atoms with Gasteiger partial charge >= 0.3 is 0 Å². The Morgan fingerprint density at radius 1 is 0.968 bits per heavy atom. The van der Waals surface area contributed by atoms with E-state index < -0.39 is 0 Å². The number of para-hydroxylation sites is 2. The molecule has 1 saturated heterocycles. The normalized spacial score (nSPS) is 14.6. The monoisotopic (exact) mass is 424 g/mol. The molecule has 0 bridgehead atoms. The summed E-state index contributed by atoms with van der Waals surface area (Å²) in [6, 6.07) is 14.4. The second-order valence-electron chi connectivity index (χ2n) is 7.53. The second-order valence-corrected chi connectivity index (χ2v) is 7.53. The highest BCUT2D eigenvalue weighted by Gasteiger charge is 2.14. The molecule has 31 heavy (non-hydrogen) atoms. The van der Waals surface area contributed by atoms with Gasteiger partial charge in [-0.3, -0.25) is 4.90 Å². The lowest BCUT2D eigenvalue weighted by molar-refractivity contribution is 0.0366. The predicted molar refractivity (Wildman–Crippen MR) is 123 cm³/mol. The molecule has 1 N–H and O–H groups in total. The number of imidazole rings is 1. The van der Waals surface area contributed by atoms with E-state index in [-0.39, 0.29) is 0 Å². The first kappa shape index (κ1) is 21.5. The Labute approximate surface area is 183 Å². The van der Waals surface area contributed by atoms with Crippen molar-refractivity contribution in [1.82, 2.24) is 14.5 Å². The van der Waals surface area contributed by atoms with Crippen LogP contribution in [0.2, 0.25) is 0 Å². The van der Waals surface area contributed by atoms with Gasteiger partial charge in [-0.15, -0.1) is 0 Å². The smallest absolute Gasteiger partial charge is 0.204 e. The van der Waals surface area contributed by atoms with Crippen LogP contribution in [-0.2, 0) is 17.8 Å². The van der Waals surface area contributed by atoms with Crippen LogP contribution in [0.15, 0.2) is 42.5 Å². The third kappa shape index (κ3) is 5.29. The molecule has 0 radical (unpaired) electrons. The Kier molecular flexibility index (Phi) is 7.27. The number of ether oxygens (including phenoxy) is 3. The summed E-state index contributed by atoms with van der Waals surface area (Å²) < 4.78 is 19.2. The number of hydrogen-bond acceptors (Lipinski definition) is 6. The molecule has 166 valence electrons. The molecule has 1 aliphatic rings. The van der Waals surface area contributed by atoms with Crippen molar-refractivity contribution in [2.24, 2.45) is 0 Å². The van der Waals surface area contributed by atoms with Gasteiger partial charge in [0, 0.05) is 32.7 Å². The molecule has 4 rings (SSSR count). The molecular formula is C24H32N4O3. The van der Waals surface area contributed by atoms with E-state index in [0.29, 0.717) is 19.8 Å². The lowest BCUT2D eigenvalue weighted by atomic mass is 10.2. The van der Waals surface area contributed by atoms with Crippen molar-refractivity contribution in [2.45, 2.75) is 26.9 Å². The maximum atomic E-state index is 5.77. The zero-order valence-corrected chi connectivity index (χ0v) is 18.5. The number of benzene rings is 2. The van der Waals surface area contributed by atoms with E-state index in [0.717, 1.165) is 73.4 Å². The number of fused-ring (bicyclic) bond motifs is 1. The van der Waals surface area contributed by atoms with Gasteiger partial charge in [0.1, 0.15) is 0 Å². The molecule has 1 fully saturated rings. The molecule has 1 aromatic heterocycles. The lowest BCUT2D eigenvalue weighted by Crippen LogP contribution is -2.38. The third-order valence-corrected chi connectivity index (χ3v) is 5.46. The summed E-state index contributed by atoms with van der Waals surface area (Å²) in [5.74, 6) is 2.46. The van der Waals surface area contributed by atoms with Crippen LogP contribution in [0.4, 0.5) is 5.95 Å². The molecule has 0 unspecified atom stereocenters. The average Bonchev–Trinajstić information content (AvgIpc) is 3.16. The van der Waals surface area contributed by atoms with Gasteiger partial charge in [0.15, 0.2) is 11.5 Å². The molecule has 2 heterocycles. The first-order valence-corrected chi connectivity index (χ1v) is 11.2. The fourth-order valence-electron chi connectivity index (χ4n) is 3.89. The van der Waals surface area contributed by atoms with Crippen molar-refractivity contribution in [3.63, 3.8) is 0 Å². The summed E-state index contributed by atoms with van der Waals surface area (Å²) in [7, 11) is 0. The molecule has 0 amide bonds. The van der Waals surface area contributed by atoms with Crippen LogP contribution in [-0.4, -0.2) is 60.5 Å². The SMILES string of the molecule is CCOc1ccc(CNc2nc3ccccc3n2CCN2CCOCC2)cc1OCC. The van der Waals surface area contributed by atoms with Crippen molar-refractivity contribution in [3.05, 3.63) is 48.0 Å². The minimum atomic E-state index is 0.605.